The van der Waals surface area contributed by atoms with Crippen LogP contribution in [-0.2, 0) is 4.79 Å². The molecule has 2 heterocycles. The molecule has 138 valence electrons. The third-order valence-corrected chi connectivity index (χ3v) is 5.76. The molecule has 0 aromatic carbocycles. The Kier molecular flexibility index (Phi) is 4.31. The fourth-order valence-electron chi connectivity index (χ4n) is 4.14. The summed E-state index contributed by atoms with van der Waals surface area (Å²) in [7, 11) is 0. The summed E-state index contributed by atoms with van der Waals surface area (Å²) in [4.78, 5) is 17.3. The van der Waals surface area contributed by atoms with Gasteiger partial charge in [-0.2, -0.15) is 5.10 Å². The number of rotatable bonds is 6. The number of nitrogens with one attached hydrogen (secondary N) is 2. The minimum absolute atomic E-state index is 0.0848. The molecule has 0 unspecified atom stereocenters. The number of carbonyl (C=O) groups excluding carboxylic acids is 1. The summed E-state index contributed by atoms with van der Waals surface area (Å²) in [5.41, 5.74) is 11.9. The van der Waals surface area contributed by atoms with E-state index < -0.39 is 6.04 Å². The number of H-pyrrole nitrogens is 1. The van der Waals surface area contributed by atoms with Crippen molar-refractivity contribution in [3.63, 3.8) is 0 Å². The minimum Gasteiger partial charge on any atom is -0.323 e. The number of carbonyl (C=O) groups is 1. The van der Waals surface area contributed by atoms with Crippen LogP contribution in [-0.4, -0.2) is 27.1 Å². The topological polar surface area (TPSA) is 96.7 Å². The van der Waals surface area contributed by atoms with Crippen molar-refractivity contribution < 1.29 is 4.79 Å². The molecule has 2 aliphatic rings. The Hall–Kier alpha value is -2.21. The van der Waals surface area contributed by atoms with Gasteiger partial charge in [0.2, 0.25) is 5.91 Å². The molecular weight excluding hydrogens is 326 g/mol. The third-order valence-electron chi connectivity index (χ3n) is 5.76. The monoisotopic (exact) mass is 353 g/mol. The molecule has 0 aliphatic heterocycles. The number of nitrogens with zero attached hydrogens (tertiary/aromatic N) is 2. The lowest BCUT2D eigenvalue weighted by Crippen LogP contribution is -2.43. The highest BCUT2D eigenvalue weighted by molar-refractivity contribution is 5.95. The number of hydrogen-bond donors (Lipinski definition) is 3. The van der Waals surface area contributed by atoms with Crippen molar-refractivity contribution in [1.29, 1.82) is 0 Å². The lowest BCUT2D eigenvalue weighted by atomic mass is 9.89. The lowest BCUT2D eigenvalue weighted by Gasteiger charge is -2.23. The Bertz CT molecular complexity index is 803. The van der Waals surface area contributed by atoms with E-state index in [9.17, 15) is 4.79 Å². The second-order valence-electron chi connectivity index (χ2n) is 7.97. The normalized spacial score (nSPS) is 18.2. The highest BCUT2D eigenvalue weighted by Gasteiger charge is 2.46. The van der Waals surface area contributed by atoms with E-state index in [4.69, 9.17) is 5.73 Å². The van der Waals surface area contributed by atoms with E-state index in [0.29, 0.717) is 23.4 Å². The van der Waals surface area contributed by atoms with Crippen molar-refractivity contribution in [1.82, 2.24) is 15.2 Å². The van der Waals surface area contributed by atoms with Gasteiger partial charge in [-0.05, 0) is 75.8 Å². The SMILES string of the molecule is Cc1cc(NC(=O)[C@@H](N)C(C2CC2)C2CC2)cnc1-c1c(C)n[nH]c1C. The fourth-order valence-corrected chi connectivity index (χ4v) is 4.14. The van der Waals surface area contributed by atoms with Gasteiger partial charge in [-0.1, -0.05) is 0 Å². The molecule has 0 radical (unpaired) electrons. The lowest BCUT2D eigenvalue weighted by molar-refractivity contribution is -0.118. The van der Waals surface area contributed by atoms with Crippen molar-refractivity contribution >= 4 is 11.6 Å². The standard InChI is InChI=1S/C20H27N5O/c1-10-8-15(9-22-19(10)16-11(2)24-25-12(16)3)23-20(26)18(21)17(13-4-5-13)14-6-7-14/h8-9,13-14,17-18H,4-7,21H2,1-3H3,(H,23,26)(H,24,25)/t18-/m0/s1. The first-order valence-corrected chi connectivity index (χ1v) is 9.50. The molecular formula is C20H27N5O. The maximum Gasteiger partial charge on any atom is 0.241 e. The number of nitrogens with two attached hydrogens (primary N) is 1. The summed E-state index contributed by atoms with van der Waals surface area (Å²) in [6.45, 7) is 5.95. The first-order valence-electron chi connectivity index (χ1n) is 9.50. The highest BCUT2D eigenvalue weighted by Crippen LogP contribution is 2.50. The van der Waals surface area contributed by atoms with Crippen LogP contribution < -0.4 is 11.1 Å². The Morgan fingerprint density at radius 2 is 1.88 bits per heavy atom. The molecule has 1 amide bonds. The number of hydrogen-bond acceptors (Lipinski definition) is 4. The van der Waals surface area contributed by atoms with Gasteiger partial charge in [0.1, 0.15) is 0 Å². The molecule has 4 N–H and O–H groups in total. The predicted molar refractivity (Wildman–Crippen MR) is 102 cm³/mol. The van der Waals surface area contributed by atoms with Crippen LogP contribution in [0.4, 0.5) is 5.69 Å². The maximum absolute atomic E-state index is 12.7. The predicted octanol–water partition coefficient (Wildman–Crippen LogP) is 3.10. The summed E-state index contributed by atoms with van der Waals surface area (Å²) in [6.07, 6.45) is 6.60. The number of aromatic amines is 1. The molecule has 0 saturated heterocycles. The molecule has 6 heteroatoms. The second kappa shape index (κ2) is 6.50. The molecule has 2 aromatic rings. The van der Waals surface area contributed by atoms with Crippen molar-refractivity contribution in [2.45, 2.75) is 52.5 Å². The Morgan fingerprint density at radius 3 is 2.38 bits per heavy atom. The zero-order chi connectivity index (χ0) is 18.4. The van der Waals surface area contributed by atoms with E-state index >= 15 is 0 Å². The number of amides is 1. The van der Waals surface area contributed by atoms with Crippen molar-refractivity contribution in [2.75, 3.05) is 5.32 Å². The summed E-state index contributed by atoms with van der Waals surface area (Å²) in [6, 6.07) is 1.54. The van der Waals surface area contributed by atoms with Crippen LogP contribution in [0.25, 0.3) is 11.3 Å². The minimum atomic E-state index is -0.423. The van der Waals surface area contributed by atoms with Crippen LogP contribution in [0.5, 0.6) is 0 Å². The Labute approximate surface area is 154 Å². The van der Waals surface area contributed by atoms with Gasteiger partial charge >= 0.3 is 0 Å². The van der Waals surface area contributed by atoms with Gasteiger partial charge in [-0.15, -0.1) is 0 Å². The van der Waals surface area contributed by atoms with E-state index in [2.05, 4.69) is 20.5 Å². The van der Waals surface area contributed by atoms with E-state index in [1.807, 2.05) is 26.8 Å². The smallest absolute Gasteiger partial charge is 0.241 e. The van der Waals surface area contributed by atoms with Crippen molar-refractivity contribution in [3.05, 3.63) is 29.2 Å². The van der Waals surface area contributed by atoms with Gasteiger partial charge in [0, 0.05) is 11.3 Å². The molecule has 0 spiro atoms. The van der Waals surface area contributed by atoms with Crippen LogP contribution >= 0.6 is 0 Å². The molecule has 6 nitrogen and oxygen atoms in total. The van der Waals surface area contributed by atoms with Crippen LogP contribution in [0.3, 0.4) is 0 Å². The Balaban J connectivity index is 1.50. The zero-order valence-electron chi connectivity index (χ0n) is 15.7. The van der Waals surface area contributed by atoms with Crippen LogP contribution in [0, 0.1) is 38.5 Å². The van der Waals surface area contributed by atoms with Crippen molar-refractivity contribution in [3.8, 4) is 11.3 Å². The largest absolute Gasteiger partial charge is 0.323 e. The highest BCUT2D eigenvalue weighted by atomic mass is 16.2. The molecule has 2 fully saturated rings. The average molecular weight is 353 g/mol. The third kappa shape index (κ3) is 3.26. The van der Waals surface area contributed by atoms with E-state index in [1.54, 1.807) is 6.20 Å². The average Bonchev–Trinajstić information content (AvgIpc) is 3.51. The van der Waals surface area contributed by atoms with Crippen LogP contribution in [0.2, 0.25) is 0 Å². The number of pyridine rings is 1. The second-order valence-corrected chi connectivity index (χ2v) is 7.97. The van der Waals surface area contributed by atoms with Gasteiger partial charge in [0.05, 0.1) is 29.3 Å². The van der Waals surface area contributed by atoms with Gasteiger partial charge < -0.3 is 11.1 Å². The van der Waals surface area contributed by atoms with Crippen LogP contribution in [0.15, 0.2) is 12.3 Å². The molecule has 2 aromatic heterocycles. The number of anilines is 1. The molecule has 2 saturated carbocycles. The number of aryl methyl sites for hydroxylation is 3. The summed E-state index contributed by atoms with van der Waals surface area (Å²) in [5, 5.41) is 10.2. The van der Waals surface area contributed by atoms with Crippen molar-refractivity contribution in [2.24, 2.45) is 23.5 Å². The maximum atomic E-state index is 12.7. The summed E-state index contributed by atoms with van der Waals surface area (Å²) >= 11 is 0. The van der Waals surface area contributed by atoms with Gasteiger partial charge in [0.25, 0.3) is 0 Å². The van der Waals surface area contributed by atoms with E-state index in [-0.39, 0.29) is 5.91 Å². The number of aromatic nitrogens is 3. The molecule has 1 atom stereocenters. The molecule has 4 rings (SSSR count). The first kappa shape index (κ1) is 17.2. The Morgan fingerprint density at radius 1 is 1.23 bits per heavy atom. The zero-order valence-corrected chi connectivity index (χ0v) is 15.7. The van der Waals surface area contributed by atoms with Crippen LogP contribution in [0.1, 0.15) is 42.6 Å². The first-order chi connectivity index (χ1) is 12.5. The quantitative estimate of drug-likeness (QED) is 0.743. The molecule has 2 aliphatic carbocycles. The molecule has 0 bridgehead atoms. The summed E-state index contributed by atoms with van der Waals surface area (Å²) in [5.74, 6) is 1.56. The molecule has 26 heavy (non-hydrogen) atoms. The fraction of sp³-hybridized carbons (Fsp3) is 0.550. The van der Waals surface area contributed by atoms with Gasteiger partial charge in [-0.25, -0.2) is 0 Å². The van der Waals surface area contributed by atoms with Gasteiger partial charge in [0.15, 0.2) is 0 Å². The van der Waals surface area contributed by atoms with E-state index in [0.717, 1.165) is 28.2 Å². The van der Waals surface area contributed by atoms with E-state index in [1.165, 1.54) is 25.7 Å². The van der Waals surface area contributed by atoms with Gasteiger partial charge in [-0.3, -0.25) is 14.9 Å². The summed E-state index contributed by atoms with van der Waals surface area (Å²) < 4.78 is 0.